The number of nitrogens with zero attached hydrogens (tertiary/aromatic N) is 1. The summed E-state index contributed by atoms with van der Waals surface area (Å²) in [7, 11) is 0. The average molecular weight is 291 g/mol. The number of carbonyl (C=O) groups excluding carboxylic acids is 1. The van der Waals surface area contributed by atoms with Crippen LogP contribution >= 0.6 is 0 Å². The van der Waals surface area contributed by atoms with Crippen molar-refractivity contribution >= 4 is 11.9 Å². The largest absolute Gasteiger partial charge is 0.484 e. The number of carboxylic acids is 1. The Labute approximate surface area is 124 Å². The Bertz CT molecular complexity index is 474. The highest BCUT2D eigenvalue weighted by Gasteiger charge is 2.27. The van der Waals surface area contributed by atoms with E-state index in [2.05, 4.69) is 0 Å². The van der Waals surface area contributed by atoms with Gasteiger partial charge in [0.25, 0.3) is 5.91 Å². The Morgan fingerprint density at radius 2 is 2.00 bits per heavy atom. The van der Waals surface area contributed by atoms with Crippen LogP contribution in [0.3, 0.4) is 0 Å². The lowest BCUT2D eigenvalue weighted by atomic mass is 9.98. The summed E-state index contributed by atoms with van der Waals surface area (Å²) in [6.45, 7) is 0.703. The molecule has 0 saturated carbocycles. The zero-order chi connectivity index (χ0) is 15.1. The summed E-state index contributed by atoms with van der Waals surface area (Å²) in [5.74, 6) is -0.201. The molecule has 0 bridgehead atoms. The summed E-state index contributed by atoms with van der Waals surface area (Å²) >= 11 is 0. The SMILES string of the molecule is O=C(O)CCC1CCCCN1C(=O)COc1ccccc1. The first-order chi connectivity index (χ1) is 10.2. The van der Waals surface area contributed by atoms with Gasteiger partial charge in [0.05, 0.1) is 0 Å². The van der Waals surface area contributed by atoms with Crippen LogP contribution in [0.5, 0.6) is 5.75 Å². The molecule has 1 fully saturated rings. The van der Waals surface area contributed by atoms with Gasteiger partial charge in [-0.25, -0.2) is 0 Å². The van der Waals surface area contributed by atoms with Crippen molar-refractivity contribution in [1.29, 1.82) is 0 Å². The molecule has 114 valence electrons. The van der Waals surface area contributed by atoms with Crippen LogP contribution in [0, 0.1) is 0 Å². The Hall–Kier alpha value is -2.04. The molecule has 1 saturated heterocycles. The fourth-order valence-corrected chi connectivity index (χ4v) is 2.66. The molecule has 1 N–H and O–H groups in total. The van der Waals surface area contributed by atoms with Crippen molar-refractivity contribution in [1.82, 2.24) is 4.90 Å². The lowest BCUT2D eigenvalue weighted by Gasteiger charge is -2.35. The summed E-state index contributed by atoms with van der Waals surface area (Å²) in [5, 5.41) is 8.79. The van der Waals surface area contributed by atoms with Gasteiger partial charge in [0, 0.05) is 19.0 Å². The highest BCUT2D eigenvalue weighted by atomic mass is 16.5. The molecule has 21 heavy (non-hydrogen) atoms. The van der Waals surface area contributed by atoms with Gasteiger partial charge in [-0.2, -0.15) is 0 Å². The smallest absolute Gasteiger partial charge is 0.303 e. The van der Waals surface area contributed by atoms with Crippen LogP contribution in [-0.4, -0.2) is 41.1 Å². The van der Waals surface area contributed by atoms with Crippen molar-refractivity contribution in [2.75, 3.05) is 13.2 Å². The predicted molar refractivity (Wildman–Crippen MR) is 78.2 cm³/mol. The molecule has 2 rings (SSSR count). The van der Waals surface area contributed by atoms with E-state index < -0.39 is 5.97 Å². The molecule has 1 aromatic carbocycles. The minimum absolute atomic E-state index is 0.00752. The van der Waals surface area contributed by atoms with Crippen molar-refractivity contribution in [3.8, 4) is 5.75 Å². The number of ether oxygens (including phenoxy) is 1. The van der Waals surface area contributed by atoms with Gasteiger partial charge in [-0.15, -0.1) is 0 Å². The van der Waals surface area contributed by atoms with E-state index in [1.807, 2.05) is 30.3 Å². The Morgan fingerprint density at radius 1 is 1.24 bits per heavy atom. The third kappa shape index (κ3) is 4.77. The van der Waals surface area contributed by atoms with Crippen molar-refractivity contribution in [3.63, 3.8) is 0 Å². The minimum atomic E-state index is -0.812. The van der Waals surface area contributed by atoms with Gasteiger partial charge in [-0.1, -0.05) is 18.2 Å². The van der Waals surface area contributed by atoms with E-state index >= 15 is 0 Å². The monoisotopic (exact) mass is 291 g/mol. The molecule has 1 aliphatic heterocycles. The molecule has 5 nitrogen and oxygen atoms in total. The van der Waals surface area contributed by atoms with Gasteiger partial charge < -0.3 is 14.7 Å². The first-order valence-electron chi connectivity index (χ1n) is 7.36. The molecule has 0 aliphatic carbocycles. The van der Waals surface area contributed by atoms with Crippen molar-refractivity contribution < 1.29 is 19.4 Å². The van der Waals surface area contributed by atoms with E-state index in [9.17, 15) is 9.59 Å². The number of para-hydroxylation sites is 1. The Kier molecular flexibility index (Phi) is 5.60. The zero-order valence-corrected chi connectivity index (χ0v) is 12.0. The molecule has 0 aromatic heterocycles. The number of hydrogen-bond acceptors (Lipinski definition) is 3. The number of carboxylic acid groups (broad SMARTS) is 1. The minimum Gasteiger partial charge on any atom is -0.484 e. The standard InChI is InChI=1S/C16H21NO4/c18-15(12-21-14-7-2-1-3-8-14)17-11-5-4-6-13(17)9-10-16(19)20/h1-3,7-8,13H,4-6,9-12H2,(H,19,20). The number of amides is 1. The van der Waals surface area contributed by atoms with Crippen LogP contribution in [0.2, 0.25) is 0 Å². The maximum Gasteiger partial charge on any atom is 0.303 e. The van der Waals surface area contributed by atoms with Crippen molar-refractivity contribution in [2.45, 2.75) is 38.1 Å². The topological polar surface area (TPSA) is 66.8 Å². The van der Waals surface area contributed by atoms with Crippen LogP contribution in [0.1, 0.15) is 32.1 Å². The number of rotatable bonds is 6. The average Bonchev–Trinajstić information content (AvgIpc) is 2.52. The highest BCUT2D eigenvalue weighted by Crippen LogP contribution is 2.21. The molecular formula is C16H21NO4. The van der Waals surface area contributed by atoms with Gasteiger partial charge in [-0.05, 0) is 37.8 Å². The summed E-state index contributed by atoms with van der Waals surface area (Å²) in [6, 6.07) is 9.26. The number of hydrogen-bond donors (Lipinski definition) is 1. The number of aliphatic carboxylic acids is 1. The van der Waals surface area contributed by atoms with Crippen molar-refractivity contribution in [2.24, 2.45) is 0 Å². The van der Waals surface area contributed by atoms with Crippen LogP contribution in [0.25, 0.3) is 0 Å². The van der Waals surface area contributed by atoms with Gasteiger partial charge in [0.15, 0.2) is 6.61 Å². The van der Waals surface area contributed by atoms with Gasteiger partial charge >= 0.3 is 5.97 Å². The van der Waals surface area contributed by atoms with E-state index in [0.29, 0.717) is 18.7 Å². The van der Waals surface area contributed by atoms with Crippen LogP contribution in [0.15, 0.2) is 30.3 Å². The molecule has 0 spiro atoms. The molecule has 5 heteroatoms. The second-order valence-electron chi connectivity index (χ2n) is 5.27. The zero-order valence-electron chi connectivity index (χ0n) is 12.0. The fourth-order valence-electron chi connectivity index (χ4n) is 2.66. The van der Waals surface area contributed by atoms with Crippen molar-refractivity contribution in [3.05, 3.63) is 30.3 Å². The van der Waals surface area contributed by atoms with Gasteiger partial charge in [0.2, 0.25) is 0 Å². The fraction of sp³-hybridized carbons (Fsp3) is 0.500. The lowest BCUT2D eigenvalue weighted by Crippen LogP contribution is -2.46. The number of carbonyl (C=O) groups is 2. The molecule has 1 aliphatic rings. The molecule has 1 amide bonds. The van der Waals surface area contributed by atoms with Gasteiger partial charge in [-0.3, -0.25) is 9.59 Å². The number of piperidine rings is 1. The summed E-state index contributed by atoms with van der Waals surface area (Å²) < 4.78 is 5.49. The number of likely N-dealkylation sites (tertiary alicyclic amines) is 1. The van der Waals surface area contributed by atoms with E-state index in [1.54, 1.807) is 4.90 Å². The van der Waals surface area contributed by atoms with Crippen LogP contribution < -0.4 is 4.74 Å². The maximum atomic E-state index is 12.3. The van der Waals surface area contributed by atoms with Crippen LogP contribution in [0.4, 0.5) is 0 Å². The molecular weight excluding hydrogens is 270 g/mol. The highest BCUT2D eigenvalue weighted by molar-refractivity contribution is 5.78. The first-order valence-corrected chi connectivity index (χ1v) is 7.36. The summed E-state index contributed by atoms with van der Waals surface area (Å²) in [4.78, 5) is 24.8. The van der Waals surface area contributed by atoms with E-state index in [1.165, 1.54) is 0 Å². The third-order valence-corrected chi connectivity index (χ3v) is 3.74. The van der Waals surface area contributed by atoms with E-state index in [0.717, 1.165) is 19.3 Å². The first kappa shape index (κ1) is 15.4. The predicted octanol–water partition coefficient (Wildman–Crippen LogP) is 2.31. The Balaban J connectivity index is 1.87. The lowest BCUT2D eigenvalue weighted by molar-refractivity contribution is -0.141. The Morgan fingerprint density at radius 3 is 2.71 bits per heavy atom. The molecule has 0 radical (unpaired) electrons. The maximum absolute atomic E-state index is 12.3. The number of benzene rings is 1. The molecule has 1 atom stereocenters. The third-order valence-electron chi connectivity index (χ3n) is 3.74. The van der Waals surface area contributed by atoms with E-state index in [-0.39, 0.29) is 25.0 Å². The normalized spacial score (nSPS) is 18.3. The summed E-state index contributed by atoms with van der Waals surface area (Å²) in [5.41, 5.74) is 0. The molecule has 1 aromatic rings. The van der Waals surface area contributed by atoms with Gasteiger partial charge in [0.1, 0.15) is 5.75 Å². The quantitative estimate of drug-likeness (QED) is 0.873. The molecule has 1 unspecified atom stereocenters. The molecule has 1 heterocycles. The second-order valence-corrected chi connectivity index (χ2v) is 5.27. The summed E-state index contributed by atoms with van der Waals surface area (Å²) in [6.07, 6.45) is 3.53. The second kappa shape index (κ2) is 7.67. The van der Waals surface area contributed by atoms with E-state index in [4.69, 9.17) is 9.84 Å². The van der Waals surface area contributed by atoms with Crippen LogP contribution in [-0.2, 0) is 9.59 Å².